The molecule has 0 radical (unpaired) electrons. The van der Waals surface area contributed by atoms with Gasteiger partial charge in [-0.05, 0) is 42.9 Å². The molecule has 0 fully saturated rings. The smallest absolute Gasteiger partial charge is 0.0541 e. The van der Waals surface area contributed by atoms with E-state index in [0.717, 1.165) is 36.5 Å². The highest BCUT2D eigenvalue weighted by molar-refractivity contribution is 5.11. The Balaban J connectivity index is 2.38. The zero-order chi connectivity index (χ0) is 12.8. The maximum atomic E-state index is 4.40. The van der Waals surface area contributed by atoms with Crippen molar-refractivity contribution in [2.24, 2.45) is 17.8 Å². The van der Waals surface area contributed by atoms with Crippen molar-refractivity contribution in [3.05, 3.63) is 29.6 Å². The summed E-state index contributed by atoms with van der Waals surface area (Å²) in [5, 5.41) is 3.52. The van der Waals surface area contributed by atoms with Crippen LogP contribution in [-0.2, 0) is 6.54 Å². The van der Waals surface area contributed by atoms with Gasteiger partial charge in [-0.3, -0.25) is 4.98 Å². The second-order valence-electron chi connectivity index (χ2n) is 5.61. The third-order valence-corrected chi connectivity index (χ3v) is 3.37. The van der Waals surface area contributed by atoms with Gasteiger partial charge in [0, 0.05) is 12.7 Å². The minimum atomic E-state index is 0.730. The molecule has 0 atom stereocenters. The SMILES string of the molecule is Cc1ccc(CNCC(C(C)C)C(C)C)nc1. The van der Waals surface area contributed by atoms with Gasteiger partial charge in [-0.2, -0.15) is 0 Å². The van der Waals surface area contributed by atoms with Gasteiger partial charge in [-0.15, -0.1) is 0 Å². The highest BCUT2D eigenvalue weighted by Crippen LogP contribution is 2.19. The van der Waals surface area contributed by atoms with Crippen LogP contribution < -0.4 is 5.32 Å². The zero-order valence-electron chi connectivity index (χ0n) is 11.8. The molecular formula is C15H26N2. The molecule has 1 aromatic rings. The number of rotatable bonds is 6. The number of aromatic nitrogens is 1. The third-order valence-electron chi connectivity index (χ3n) is 3.37. The van der Waals surface area contributed by atoms with Crippen molar-refractivity contribution in [3.8, 4) is 0 Å². The fourth-order valence-electron chi connectivity index (χ4n) is 2.21. The number of hydrogen-bond acceptors (Lipinski definition) is 2. The first-order chi connectivity index (χ1) is 8.00. The van der Waals surface area contributed by atoms with Crippen LogP contribution in [0.15, 0.2) is 18.3 Å². The second kappa shape index (κ2) is 6.75. The van der Waals surface area contributed by atoms with Crippen LogP contribution in [0, 0.1) is 24.7 Å². The van der Waals surface area contributed by atoms with Crippen LogP contribution in [0.1, 0.15) is 39.0 Å². The van der Waals surface area contributed by atoms with Crippen LogP contribution in [-0.4, -0.2) is 11.5 Å². The minimum absolute atomic E-state index is 0.730. The Morgan fingerprint density at radius 2 is 1.76 bits per heavy atom. The van der Waals surface area contributed by atoms with Crippen molar-refractivity contribution >= 4 is 0 Å². The van der Waals surface area contributed by atoms with Crippen molar-refractivity contribution in [1.29, 1.82) is 0 Å². The Bertz CT molecular complexity index is 306. The fourth-order valence-corrected chi connectivity index (χ4v) is 2.21. The van der Waals surface area contributed by atoms with E-state index in [1.807, 2.05) is 6.20 Å². The maximum Gasteiger partial charge on any atom is 0.0541 e. The number of aryl methyl sites for hydroxylation is 1. The predicted molar refractivity (Wildman–Crippen MR) is 73.8 cm³/mol. The lowest BCUT2D eigenvalue weighted by molar-refractivity contribution is 0.275. The lowest BCUT2D eigenvalue weighted by Gasteiger charge is -2.25. The van der Waals surface area contributed by atoms with E-state index in [1.54, 1.807) is 0 Å². The van der Waals surface area contributed by atoms with Crippen molar-refractivity contribution < 1.29 is 0 Å². The zero-order valence-corrected chi connectivity index (χ0v) is 11.8. The largest absolute Gasteiger partial charge is 0.311 e. The second-order valence-corrected chi connectivity index (χ2v) is 5.61. The lowest BCUT2D eigenvalue weighted by Crippen LogP contribution is -2.29. The number of nitrogens with zero attached hydrogens (tertiary/aromatic N) is 1. The third kappa shape index (κ3) is 4.86. The van der Waals surface area contributed by atoms with Gasteiger partial charge in [0.05, 0.1) is 5.69 Å². The van der Waals surface area contributed by atoms with E-state index in [2.05, 4.69) is 57.1 Å². The van der Waals surface area contributed by atoms with Gasteiger partial charge in [0.1, 0.15) is 0 Å². The topological polar surface area (TPSA) is 24.9 Å². The lowest BCUT2D eigenvalue weighted by atomic mass is 9.85. The molecule has 1 rings (SSSR count). The summed E-state index contributed by atoms with van der Waals surface area (Å²) in [6.45, 7) is 13.2. The van der Waals surface area contributed by atoms with Gasteiger partial charge < -0.3 is 5.32 Å². The van der Waals surface area contributed by atoms with Crippen molar-refractivity contribution in [1.82, 2.24) is 10.3 Å². The van der Waals surface area contributed by atoms with Crippen LogP contribution in [0.25, 0.3) is 0 Å². The molecule has 0 saturated heterocycles. The van der Waals surface area contributed by atoms with Crippen molar-refractivity contribution in [2.75, 3.05) is 6.54 Å². The number of nitrogens with one attached hydrogen (secondary N) is 1. The summed E-state index contributed by atoms with van der Waals surface area (Å²) in [6.07, 6.45) is 1.93. The first kappa shape index (κ1) is 14.2. The molecule has 17 heavy (non-hydrogen) atoms. The Labute approximate surface area is 106 Å². The quantitative estimate of drug-likeness (QED) is 0.816. The normalized spacial score (nSPS) is 11.8. The molecule has 0 aliphatic heterocycles. The molecule has 1 aromatic heterocycles. The fraction of sp³-hybridized carbons (Fsp3) is 0.667. The summed E-state index contributed by atoms with van der Waals surface area (Å²) in [6, 6.07) is 4.22. The Morgan fingerprint density at radius 3 is 2.24 bits per heavy atom. The van der Waals surface area contributed by atoms with Gasteiger partial charge in [0.2, 0.25) is 0 Å². The van der Waals surface area contributed by atoms with Crippen LogP contribution in [0.5, 0.6) is 0 Å². The molecular weight excluding hydrogens is 208 g/mol. The summed E-state index contributed by atoms with van der Waals surface area (Å²) in [5.41, 5.74) is 2.35. The molecule has 0 saturated carbocycles. The summed E-state index contributed by atoms with van der Waals surface area (Å²) >= 11 is 0. The monoisotopic (exact) mass is 234 g/mol. The van der Waals surface area contributed by atoms with Crippen LogP contribution >= 0.6 is 0 Å². The molecule has 0 spiro atoms. The van der Waals surface area contributed by atoms with E-state index in [-0.39, 0.29) is 0 Å². The van der Waals surface area contributed by atoms with E-state index in [4.69, 9.17) is 0 Å². The Kier molecular flexibility index (Phi) is 5.63. The molecule has 1 heterocycles. The van der Waals surface area contributed by atoms with Crippen molar-refractivity contribution in [2.45, 2.75) is 41.2 Å². The van der Waals surface area contributed by atoms with Gasteiger partial charge in [-0.25, -0.2) is 0 Å². The molecule has 0 aliphatic rings. The van der Waals surface area contributed by atoms with Gasteiger partial charge in [0.25, 0.3) is 0 Å². The van der Waals surface area contributed by atoms with E-state index in [0.29, 0.717) is 0 Å². The Hall–Kier alpha value is -0.890. The summed E-state index contributed by atoms with van der Waals surface area (Å²) in [5.74, 6) is 2.20. The molecule has 2 nitrogen and oxygen atoms in total. The van der Waals surface area contributed by atoms with Crippen LogP contribution in [0.4, 0.5) is 0 Å². The molecule has 0 aliphatic carbocycles. The molecule has 0 amide bonds. The molecule has 1 N–H and O–H groups in total. The molecule has 0 bridgehead atoms. The summed E-state index contributed by atoms with van der Waals surface area (Å²) < 4.78 is 0. The van der Waals surface area contributed by atoms with Crippen molar-refractivity contribution in [3.63, 3.8) is 0 Å². The molecule has 0 aromatic carbocycles. The van der Waals surface area contributed by atoms with Gasteiger partial charge >= 0.3 is 0 Å². The number of pyridine rings is 1. The highest BCUT2D eigenvalue weighted by atomic mass is 14.9. The average Bonchev–Trinajstić information content (AvgIpc) is 2.25. The predicted octanol–water partition coefficient (Wildman–Crippen LogP) is 3.41. The molecule has 0 unspecified atom stereocenters. The highest BCUT2D eigenvalue weighted by Gasteiger charge is 2.16. The summed E-state index contributed by atoms with van der Waals surface area (Å²) in [7, 11) is 0. The van der Waals surface area contributed by atoms with E-state index < -0.39 is 0 Å². The average molecular weight is 234 g/mol. The maximum absolute atomic E-state index is 4.40. The van der Waals surface area contributed by atoms with E-state index in [9.17, 15) is 0 Å². The van der Waals surface area contributed by atoms with Gasteiger partial charge in [-0.1, -0.05) is 33.8 Å². The van der Waals surface area contributed by atoms with Gasteiger partial charge in [0.15, 0.2) is 0 Å². The standard InChI is InChI=1S/C15H26N2/c1-11(2)15(12(3)4)10-16-9-14-7-6-13(5)8-17-14/h6-8,11-12,15-16H,9-10H2,1-5H3. The summed E-state index contributed by atoms with van der Waals surface area (Å²) in [4.78, 5) is 4.40. The van der Waals surface area contributed by atoms with Crippen LogP contribution in [0.2, 0.25) is 0 Å². The van der Waals surface area contributed by atoms with E-state index >= 15 is 0 Å². The first-order valence-electron chi connectivity index (χ1n) is 6.63. The van der Waals surface area contributed by atoms with E-state index in [1.165, 1.54) is 5.56 Å². The first-order valence-corrected chi connectivity index (χ1v) is 6.63. The number of hydrogen-bond donors (Lipinski definition) is 1. The van der Waals surface area contributed by atoms with Crippen LogP contribution in [0.3, 0.4) is 0 Å². The molecule has 2 heteroatoms. The minimum Gasteiger partial charge on any atom is -0.311 e. The Morgan fingerprint density at radius 1 is 1.12 bits per heavy atom. The molecule has 96 valence electrons.